The summed E-state index contributed by atoms with van der Waals surface area (Å²) in [5.74, 6) is -1.16. The molecule has 0 aromatic carbocycles. The topological polar surface area (TPSA) is 86.7 Å². The predicted molar refractivity (Wildman–Crippen MR) is 105 cm³/mol. The van der Waals surface area contributed by atoms with Crippen LogP contribution in [0.3, 0.4) is 0 Å². The van der Waals surface area contributed by atoms with Gasteiger partial charge in [0.05, 0.1) is 13.7 Å². The van der Waals surface area contributed by atoms with Crippen molar-refractivity contribution < 1.29 is 28.7 Å². The van der Waals surface area contributed by atoms with Crippen LogP contribution in [0, 0.1) is 0 Å². The fourth-order valence-corrected chi connectivity index (χ4v) is 2.31. The van der Waals surface area contributed by atoms with Gasteiger partial charge in [-0.15, -0.1) is 0 Å². The lowest BCUT2D eigenvalue weighted by Crippen LogP contribution is -2.09. The number of carbonyl (C=O) groups is 4. The van der Waals surface area contributed by atoms with E-state index in [1.54, 1.807) is 0 Å². The van der Waals surface area contributed by atoms with E-state index in [2.05, 4.69) is 11.7 Å². The predicted octanol–water partition coefficient (Wildman–Crippen LogP) is 4.57. The molecule has 0 spiro atoms. The molecule has 0 N–H and O–H groups in total. The molecular formula is C21H38O6. The second-order valence-corrected chi connectivity index (χ2v) is 6.74. The maximum Gasteiger partial charge on any atom is 0.313 e. The van der Waals surface area contributed by atoms with Gasteiger partial charge in [-0.3, -0.25) is 19.2 Å². The minimum Gasteiger partial charge on any atom is -0.469 e. The number of methoxy groups -OCH3 is 1. The SMILES string of the molecule is CCCCCCCCCCCCOC(=O)CC(C)=O.COC(=O)CC(C)=O. The highest BCUT2D eigenvalue weighted by Crippen LogP contribution is 2.10. The zero-order chi connectivity index (χ0) is 20.9. The van der Waals surface area contributed by atoms with E-state index >= 15 is 0 Å². The molecule has 0 bridgehead atoms. The average Bonchev–Trinajstić information content (AvgIpc) is 2.59. The third kappa shape index (κ3) is 26.6. The normalized spacial score (nSPS) is 9.78. The molecule has 0 rings (SSSR count). The molecule has 27 heavy (non-hydrogen) atoms. The minimum atomic E-state index is -0.475. The summed E-state index contributed by atoms with van der Waals surface area (Å²) < 4.78 is 9.17. The summed E-state index contributed by atoms with van der Waals surface area (Å²) in [5.41, 5.74) is 0. The molecule has 0 amide bonds. The van der Waals surface area contributed by atoms with Crippen LogP contribution in [-0.4, -0.2) is 37.2 Å². The Kier molecular flexibility index (Phi) is 21.0. The summed E-state index contributed by atoms with van der Waals surface area (Å²) in [6.07, 6.45) is 12.4. The third-order valence-electron chi connectivity index (χ3n) is 3.78. The van der Waals surface area contributed by atoms with Crippen molar-refractivity contribution in [3.8, 4) is 0 Å². The fraction of sp³-hybridized carbons (Fsp3) is 0.810. The zero-order valence-corrected chi connectivity index (χ0v) is 17.6. The van der Waals surface area contributed by atoms with Gasteiger partial charge >= 0.3 is 11.9 Å². The monoisotopic (exact) mass is 386 g/mol. The standard InChI is InChI=1S/C16H30O3.C5H8O3/c1-3-4-5-6-7-8-9-10-11-12-13-19-16(18)14-15(2)17;1-4(6)3-5(7)8-2/h3-14H2,1-2H3;3H2,1-2H3. The first-order valence-electron chi connectivity index (χ1n) is 10.0. The Bertz CT molecular complexity index is 417. The Hall–Kier alpha value is -1.72. The van der Waals surface area contributed by atoms with E-state index < -0.39 is 5.97 Å². The van der Waals surface area contributed by atoms with Crippen LogP contribution < -0.4 is 0 Å². The Morgan fingerprint density at radius 1 is 0.630 bits per heavy atom. The van der Waals surface area contributed by atoms with E-state index in [4.69, 9.17) is 4.74 Å². The molecular weight excluding hydrogens is 348 g/mol. The van der Waals surface area contributed by atoms with E-state index in [1.807, 2.05) is 0 Å². The summed E-state index contributed by atoms with van der Waals surface area (Å²) in [7, 11) is 1.26. The van der Waals surface area contributed by atoms with E-state index in [1.165, 1.54) is 72.3 Å². The molecule has 6 nitrogen and oxygen atoms in total. The number of unbranched alkanes of at least 4 members (excludes halogenated alkanes) is 9. The van der Waals surface area contributed by atoms with Gasteiger partial charge in [0.15, 0.2) is 0 Å². The van der Waals surface area contributed by atoms with E-state index in [9.17, 15) is 19.2 Å². The van der Waals surface area contributed by atoms with E-state index in [0.717, 1.165) is 12.8 Å². The highest BCUT2D eigenvalue weighted by molar-refractivity contribution is 5.94. The number of hydrogen-bond donors (Lipinski definition) is 0. The van der Waals surface area contributed by atoms with Crippen molar-refractivity contribution in [1.82, 2.24) is 0 Å². The van der Waals surface area contributed by atoms with Gasteiger partial charge in [0.2, 0.25) is 0 Å². The first-order valence-corrected chi connectivity index (χ1v) is 10.0. The quantitative estimate of drug-likeness (QED) is 0.233. The third-order valence-corrected chi connectivity index (χ3v) is 3.78. The van der Waals surface area contributed by atoms with Gasteiger partial charge < -0.3 is 9.47 Å². The second kappa shape index (κ2) is 20.6. The van der Waals surface area contributed by atoms with Crippen LogP contribution in [0.15, 0.2) is 0 Å². The molecule has 0 aliphatic carbocycles. The number of hydrogen-bond acceptors (Lipinski definition) is 6. The van der Waals surface area contributed by atoms with Crippen molar-refractivity contribution in [3.05, 3.63) is 0 Å². The van der Waals surface area contributed by atoms with Gasteiger partial charge in [0, 0.05) is 0 Å². The highest BCUT2D eigenvalue weighted by Gasteiger charge is 2.05. The lowest BCUT2D eigenvalue weighted by molar-refractivity contribution is -0.146. The summed E-state index contributed by atoms with van der Waals surface area (Å²) >= 11 is 0. The van der Waals surface area contributed by atoms with Crippen LogP contribution in [0.2, 0.25) is 0 Å². The Morgan fingerprint density at radius 2 is 1.04 bits per heavy atom. The molecule has 0 aromatic rings. The Morgan fingerprint density at radius 3 is 1.41 bits per heavy atom. The Labute approximate surface area is 164 Å². The maximum absolute atomic E-state index is 11.1. The van der Waals surface area contributed by atoms with E-state index in [0.29, 0.717) is 6.61 Å². The largest absolute Gasteiger partial charge is 0.469 e. The average molecular weight is 387 g/mol. The van der Waals surface area contributed by atoms with Crippen molar-refractivity contribution >= 4 is 23.5 Å². The second-order valence-electron chi connectivity index (χ2n) is 6.74. The van der Waals surface area contributed by atoms with Gasteiger partial charge in [-0.25, -0.2) is 0 Å². The summed E-state index contributed by atoms with van der Waals surface area (Å²) in [6.45, 7) is 5.45. The molecule has 0 radical (unpaired) electrons. The van der Waals surface area contributed by atoms with Gasteiger partial charge in [0.1, 0.15) is 24.4 Å². The molecule has 0 saturated carbocycles. The lowest BCUT2D eigenvalue weighted by atomic mass is 10.1. The first-order chi connectivity index (χ1) is 12.8. The zero-order valence-electron chi connectivity index (χ0n) is 17.6. The molecule has 6 heteroatoms. The number of ketones is 2. The molecule has 0 aliphatic rings. The van der Waals surface area contributed by atoms with Crippen LogP contribution in [0.25, 0.3) is 0 Å². The first kappa shape index (κ1) is 27.5. The van der Waals surface area contributed by atoms with Crippen LogP contribution in [0.1, 0.15) is 97.8 Å². The highest BCUT2D eigenvalue weighted by atomic mass is 16.5. The van der Waals surface area contributed by atoms with Gasteiger partial charge in [0.25, 0.3) is 0 Å². The van der Waals surface area contributed by atoms with Gasteiger partial charge in [-0.2, -0.15) is 0 Å². The molecule has 0 aliphatic heterocycles. The van der Waals surface area contributed by atoms with Crippen LogP contribution in [0.5, 0.6) is 0 Å². The van der Waals surface area contributed by atoms with Crippen LogP contribution >= 0.6 is 0 Å². The molecule has 158 valence electrons. The van der Waals surface area contributed by atoms with Gasteiger partial charge in [-0.05, 0) is 20.3 Å². The summed E-state index contributed by atoms with van der Waals surface area (Å²) in [6, 6.07) is 0. The number of rotatable bonds is 15. The molecule has 0 unspecified atom stereocenters. The Balaban J connectivity index is 0. The summed E-state index contributed by atoms with van der Waals surface area (Å²) in [4.78, 5) is 42.0. The number of ether oxygens (including phenoxy) is 2. The van der Waals surface area contributed by atoms with Crippen LogP contribution in [-0.2, 0) is 28.7 Å². The number of carbonyl (C=O) groups excluding carboxylic acids is 4. The number of esters is 2. The summed E-state index contributed by atoms with van der Waals surface area (Å²) in [5, 5.41) is 0. The molecule has 0 heterocycles. The molecule has 0 fully saturated rings. The molecule has 0 aromatic heterocycles. The smallest absolute Gasteiger partial charge is 0.313 e. The van der Waals surface area contributed by atoms with Crippen molar-refractivity contribution in [2.24, 2.45) is 0 Å². The number of Topliss-reactive ketones (excluding diaryl/α,β-unsaturated/α-hetero) is 2. The van der Waals surface area contributed by atoms with Crippen molar-refractivity contribution in [2.45, 2.75) is 97.8 Å². The lowest BCUT2D eigenvalue weighted by Gasteiger charge is -2.04. The van der Waals surface area contributed by atoms with Crippen LogP contribution in [0.4, 0.5) is 0 Å². The molecule has 0 saturated heterocycles. The van der Waals surface area contributed by atoms with Gasteiger partial charge in [-0.1, -0.05) is 64.7 Å². The van der Waals surface area contributed by atoms with Crippen molar-refractivity contribution in [1.29, 1.82) is 0 Å². The minimum absolute atomic E-state index is 0.0856. The van der Waals surface area contributed by atoms with Crippen molar-refractivity contribution in [3.63, 3.8) is 0 Å². The van der Waals surface area contributed by atoms with Crippen molar-refractivity contribution in [2.75, 3.05) is 13.7 Å². The molecule has 0 atom stereocenters. The maximum atomic E-state index is 11.1. The van der Waals surface area contributed by atoms with E-state index in [-0.39, 0.29) is 30.4 Å². The fourth-order valence-electron chi connectivity index (χ4n) is 2.31.